The first-order valence-electron chi connectivity index (χ1n) is 9.26. The zero-order valence-corrected chi connectivity index (χ0v) is 17.6. The molecule has 0 amide bonds. The fourth-order valence-electron chi connectivity index (χ4n) is 2.63. The molecule has 4 aromatic rings. The van der Waals surface area contributed by atoms with Crippen LogP contribution in [0.15, 0.2) is 84.9 Å². The molecule has 0 saturated carbocycles. The van der Waals surface area contributed by atoms with E-state index in [1.807, 2.05) is 85.8 Å². The number of hydrogen-bond donors (Lipinski definition) is 0. The van der Waals surface area contributed by atoms with Crippen LogP contribution in [0.1, 0.15) is 27.0 Å². The molecule has 30 heavy (non-hydrogen) atoms. The topological polar surface area (TPSA) is 26.3 Å². The largest absolute Gasteiger partial charge is 0.999 e. The number of carbonyl (C=O) groups is 1. The number of allylic oxidation sites excluding steroid dienone is 1. The fraction of sp³-hybridized carbons (Fsp3) is 0.0741. The Labute approximate surface area is 189 Å². The number of hydrogen-bond acceptors (Lipinski definition) is 2. The van der Waals surface area contributed by atoms with Gasteiger partial charge in [0.15, 0.2) is 0 Å². The van der Waals surface area contributed by atoms with Gasteiger partial charge in [0, 0.05) is 17.1 Å². The van der Waals surface area contributed by atoms with Crippen molar-refractivity contribution >= 4 is 11.9 Å². The summed E-state index contributed by atoms with van der Waals surface area (Å²) < 4.78 is 5.91. The Morgan fingerprint density at radius 3 is 2.37 bits per heavy atom. The molecule has 0 spiro atoms. The van der Waals surface area contributed by atoms with Crippen LogP contribution in [-0.2, 0) is 23.7 Å². The van der Waals surface area contributed by atoms with Gasteiger partial charge in [0.05, 0.1) is 5.56 Å². The van der Waals surface area contributed by atoms with E-state index < -0.39 is 0 Å². The van der Waals surface area contributed by atoms with Crippen molar-refractivity contribution in [2.75, 3.05) is 0 Å². The normalized spacial score (nSPS) is 10.0. The molecule has 0 heterocycles. The van der Waals surface area contributed by atoms with E-state index in [4.69, 9.17) is 4.74 Å². The number of aryl methyl sites for hydroxylation is 1. The molecule has 0 atom stereocenters. The second-order valence-corrected chi connectivity index (χ2v) is 6.37. The van der Waals surface area contributed by atoms with Crippen LogP contribution in [-0.4, -0.2) is 5.78 Å². The monoisotopic (exact) mass is 432 g/mol. The molecule has 0 aliphatic rings. The van der Waals surface area contributed by atoms with Crippen LogP contribution in [0.5, 0.6) is 5.75 Å². The number of benzene rings is 2. The van der Waals surface area contributed by atoms with Crippen molar-refractivity contribution in [3.8, 4) is 5.75 Å². The Kier molecular flexibility index (Phi) is 9.60. The maximum absolute atomic E-state index is 12.5. The first-order valence-corrected chi connectivity index (χ1v) is 9.26. The number of ether oxygens (including phenoxy) is 1. The summed E-state index contributed by atoms with van der Waals surface area (Å²) in [7, 11) is 0. The molecular weight excluding hydrogens is 412 g/mol. The maximum Gasteiger partial charge on any atom is 0.149 e. The minimum atomic E-state index is -0.0562. The number of carbonyl (C=O) groups excluding carboxylic acids is 1. The van der Waals surface area contributed by atoms with Crippen molar-refractivity contribution in [1.82, 2.24) is 0 Å². The summed E-state index contributed by atoms with van der Waals surface area (Å²) >= 11 is 0. The van der Waals surface area contributed by atoms with Gasteiger partial charge >= 0.3 is 0 Å². The van der Waals surface area contributed by atoms with Gasteiger partial charge in [-0.1, -0.05) is 42.5 Å². The first-order chi connectivity index (χ1) is 14.2. The molecule has 3 heteroatoms. The van der Waals surface area contributed by atoms with Crippen LogP contribution >= 0.6 is 0 Å². The fourth-order valence-corrected chi connectivity index (χ4v) is 2.63. The molecule has 0 aromatic heterocycles. The third kappa shape index (κ3) is 7.36. The summed E-state index contributed by atoms with van der Waals surface area (Å²) in [5.74, 6) is 0.565. The summed E-state index contributed by atoms with van der Waals surface area (Å²) in [6.45, 7) is 2.43. The molecule has 4 aromatic carbocycles. The van der Waals surface area contributed by atoms with Crippen LogP contribution < -0.4 is 4.74 Å². The molecule has 0 radical (unpaired) electrons. The van der Waals surface area contributed by atoms with E-state index >= 15 is 0 Å². The van der Waals surface area contributed by atoms with Crippen LogP contribution in [0.2, 0.25) is 0 Å². The molecule has 0 aliphatic heterocycles. The van der Waals surface area contributed by atoms with E-state index in [1.165, 1.54) is 0 Å². The Balaban J connectivity index is 0.000000468. The van der Waals surface area contributed by atoms with E-state index in [-0.39, 0.29) is 22.9 Å². The van der Waals surface area contributed by atoms with E-state index in [2.05, 4.69) is 24.3 Å². The van der Waals surface area contributed by atoms with Crippen molar-refractivity contribution in [2.24, 2.45) is 0 Å². The number of rotatable bonds is 6. The Bertz CT molecular complexity index is 997. The predicted octanol–water partition coefficient (Wildman–Crippen LogP) is 5.79. The first kappa shape index (κ1) is 23.2. The molecule has 0 unspecified atom stereocenters. The Hall–Kier alpha value is -3.13. The zero-order valence-electron chi connectivity index (χ0n) is 16.5. The van der Waals surface area contributed by atoms with Crippen molar-refractivity contribution in [3.05, 3.63) is 131 Å². The zero-order chi connectivity index (χ0) is 20.3. The molecule has 0 N–H and O–H groups in total. The standard InChI is InChI=1S/C22H19O2.C5H.Fe/c1-17-11-13-20(21(23)14-12-18-7-5-6-8-18)22(15-17)24-16-19-9-3-2-4-10-19;1-2-4-5-3-1;/h2-15H,16H2,1H3;1H;/q-1;-5;. The quantitative estimate of drug-likeness (QED) is 0.167. The summed E-state index contributed by atoms with van der Waals surface area (Å²) in [5.41, 5.74) is 3.74. The maximum atomic E-state index is 12.5. The molecule has 0 fully saturated rings. The SMILES string of the molecule is Cc1ccc(C(=O)C=C[c-]2cccc2)c(OCc2ccccc2)c1.[Fe].[c-]1[c-][c-][cH-][c-]1. The van der Waals surface area contributed by atoms with Crippen molar-refractivity contribution < 1.29 is 26.6 Å². The van der Waals surface area contributed by atoms with Crippen LogP contribution in [0.25, 0.3) is 6.08 Å². The summed E-state index contributed by atoms with van der Waals surface area (Å²) in [6.07, 6.45) is 3.42. The smallest absolute Gasteiger partial charge is 0.149 e. The molecule has 0 bridgehead atoms. The summed E-state index contributed by atoms with van der Waals surface area (Å²) in [5, 5.41) is 0. The third-order valence-electron chi connectivity index (χ3n) is 4.11. The van der Waals surface area contributed by atoms with Crippen LogP contribution in [0.3, 0.4) is 0 Å². The second kappa shape index (κ2) is 12.4. The van der Waals surface area contributed by atoms with Crippen LogP contribution in [0.4, 0.5) is 0 Å². The van der Waals surface area contributed by atoms with Gasteiger partial charge in [0.25, 0.3) is 0 Å². The predicted molar refractivity (Wildman–Crippen MR) is 115 cm³/mol. The summed E-state index contributed by atoms with van der Waals surface area (Å²) in [6, 6.07) is 35.4. The van der Waals surface area contributed by atoms with E-state index in [0.29, 0.717) is 17.9 Å². The second-order valence-electron chi connectivity index (χ2n) is 6.37. The van der Waals surface area contributed by atoms with E-state index in [1.54, 1.807) is 12.1 Å². The van der Waals surface area contributed by atoms with Gasteiger partial charge in [0.1, 0.15) is 18.1 Å². The van der Waals surface area contributed by atoms with Crippen LogP contribution in [0, 0.1) is 31.2 Å². The minimum Gasteiger partial charge on any atom is -0.999 e. The van der Waals surface area contributed by atoms with Gasteiger partial charge in [-0.3, -0.25) is 0 Å². The van der Waals surface area contributed by atoms with Gasteiger partial charge in [-0.05, 0) is 30.2 Å². The molecule has 0 saturated heterocycles. The molecule has 4 rings (SSSR count). The summed E-state index contributed by atoms with van der Waals surface area (Å²) in [4.78, 5) is 12.5. The molecule has 154 valence electrons. The average molecular weight is 432 g/mol. The Morgan fingerprint density at radius 2 is 1.73 bits per heavy atom. The van der Waals surface area contributed by atoms with Gasteiger partial charge in [0.2, 0.25) is 0 Å². The minimum absolute atomic E-state index is 0. The average Bonchev–Trinajstić information content (AvgIpc) is 3.48. The van der Waals surface area contributed by atoms with Crippen molar-refractivity contribution in [1.29, 1.82) is 0 Å². The van der Waals surface area contributed by atoms with Gasteiger partial charge in [-0.2, -0.15) is 12.1 Å². The van der Waals surface area contributed by atoms with Gasteiger partial charge in [-0.25, -0.2) is 0 Å². The number of ketones is 1. The van der Waals surface area contributed by atoms with E-state index in [9.17, 15) is 4.79 Å². The van der Waals surface area contributed by atoms with Gasteiger partial charge in [-0.15, -0.1) is 23.8 Å². The van der Waals surface area contributed by atoms with E-state index in [0.717, 1.165) is 16.7 Å². The molecule has 0 aliphatic carbocycles. The van der Waals surface area contributed by atoms with Crippen molar-refractivity contribution in [2.45, 2.75) is 13.5 Å². The molecular formula is C27H20FeO2-6. The van der Waals surface area contributed by atoms with Gasteiger partial charge < -0.3 is 39.9 Å². The van der Waals surface area contributed by atoms with Crippen molar-refractivity contribution in [3.63, 3.8) is 0 Å². The Morgan fingerprint density at radius 1 is 1.03 bits per heavy atom. The third-order valence-corrected chi connectivity index (χ3v) is 4.11. The molecule has 2 nitrogen and oxygen atoms in total.